The standard InChI is InChI=1S/C12H14BrCl2NO2/c1-16-9-5-11(12(9)17-2)18-10-4-7(14)6(13)3-8(10)15/h3-4,9,11-12,16H,5H2,1-2H3. The van der Waals surface area contributed by atoms with Crippen LogP contribution in [0, 0.1) is 0 Å². The van der Waals surface area contributed by atoms with Gasteiger partial charge in [0.2, 0.25) is 0 Å². The van der Waals surface area contributed by atoms with E-state index in [1.54, 1.807) is 19.2 Å². The molecule has 0 aliphatic heterocycles. The lowest BCUT2D eigenvalue weighted by Gasteiger charge is -2.43. The number of rotatable bonds is 4. The van der Waals surface area contributed by atoms with Crippen LogP contribution in [0.3, 0.4) is 0 Å². The van der Waals surface area contributed by atoms with E-state index in [1.165, 1.54) is 0 Å². The van der Waals surface area contributed by atoms with Gasteiger partial charge >= 0.3 is 0 Å². The van der Waals surface area contributed by atoms with E-state index in [9.17, 15) is 0 Å². The van der Waals surface area contributed by atoms with E-state index in [-0.39, 0.29) is 12.2 Å². The highest BCUT2D eigenvalue weighted by molar-refractivity contribution is 9.10. The number of benzene rings is 1. The van der Waals surface area contributed by atoms with Crippen molar-refractivity contribution < 1.29 is 9.47 Å². The molecule has 1 aliphatic rings. The zero-order chi connectivity index (χ0) is 13.3. The SMILES string of the molecule is CNC1CC(Oc2cc(Cl)c(Br)cc2Cl)C1OC. The fourth-order valence-corrected chi connectivity index (χ4v) is 2.89. The van der Waals surface area contributed by atoms with E-state index < -0.39 is 0 Å². The fourth-order valence-electron chi connectivity index (χ4n) is 2.05. The molecule has 3 unspecified atom stereocenters. The zero-order valence-electron chi connectivity index (χ0n) is 10.0. The highest BCUT2D eigenvalue weighted by atomic mass is 79.9. The van der Waals surface area contributed by atoms with Gasteiger partial charge in [0.25, 0.3) is 0 Å². The Hall–Kier alpha value is -0.0000000000000000763. The summed E-state index contributed by atoms with van der Waals surface area (Å²) in [4.78, 5) is 0. The van der Waals surface area contributed by atoms with Gasteiger partial charge in [0.15, 0.2) is 0 Å². The van der Waals surface area contributed by atoms with Crippen LogP contribution < -0.4 is 10.1 Å². The summed E-state index contributed by atoms with van der Waals surface area (Å²) in [5, 5.41) is 4.29. The first kappa shape index (κ1) is 14.4. The first-order chi connectivity index (χ1) is 8.56. The molecule has 100 valence electrons. The summed E-state index contributed by atoms with van der Waals surface area (Å²) < 4.78 is 12.0. The lowest BCUT2D eigenvalue weighted by atomic mass is 9.85. The van der Waals surface area contributed by atoms with Gasteiger partial charge in [-0.2, -0.15) is 0 Å². The molecule has 18 heavy (non-hydrogen) atoms. The second kappa shape index (κ2) is 5.97. The molecule has 1 N–H and O–H groups in total. The van der Waals surface area contributed by atoms with Gasteiger partial charge in [-0.1, -0.05) is 23.2 Å². The van der Waals surface area contributed by atoms with E-state index in [2.05, 4.69) is 21.2 Å². The van der Waals surface area contributed by atoms with Crippen molar-refractivity contribution in [2.45, 2.75) is 24.7 Å². The number of hydrogen-bond acceptors (Lipinski definition) is 3. The van der Waals surface area contributed by atoms with E-state index in [1.807, 2.05) is 7.05 Å². The predicted molar refractivity (Wildman–Crippen MR) is 76.8 cm³/mol. The van der Waals surface area contributed by atoms with Crippen molar-refractivity contribution in [1.82, 2.24) is 5.32 Å². The molecule has 0 aromatic heterocycles. The summed E-state index contributed by atoms with van der Waals surface area (Å²) in [6.07, 6.45) is 0.926. The average Bonchev–Trinajstić information content (AvgIpc) is 2.30. The molecule has 3 nitrogen and oxygen atoms in total. The van der Waals surface area contributed by atoms with Crippen molar-refractivity contribution in [2.75, 3.05) is 14.2 Å². The van der Waals surface area contributed by atoms with Crippen LogP contribution in [0.4, 0.5) is 0 Å². The van der Waals surface area contributed by atoms with Crippen LogP contribution in [0.1, 0.15) is 6.42 Å². The maximum Gasteiger partial charge on any atom is 0.140 e. The third-order valence-corrected chi connectivity index (χ3v) is 4.64. The molecule has 0 bridgehead atoms. The van der Waals surface area contributed by atoms with Crippen LogP contribution in [0.15, 0.2) is 16.6 Å². The average molecular weight is 355 g/mol. The second-order valence-electron chi connectivity index (χ2n) is 4.18. The van der Waals surface area contributed by atoms with Gasteiger partial charge in [0.1, 0.15) is 18.0 Å². The van der Waals surface area contributed by atoms with Crippen LogP contribution in [0.5, 0.6) is 5.75 Å². The highest BCUT2D eigenvalue weighted by Crippen LogP contribution is 2.37. The molecule has 3 atom stereocenters. The first-order valence-corrected chi connectivity index (χ1v) is 7.13. The molecular weight excluding hydrogens is 341 g/mol. The summed E-state index contributed by atoms with van der Waals surface area (Å²) in [7, 11) is 3.59. The molecule has 1 fully saturated rings. The molecule has 1 aromatic carbocycles. The van der Waals surface area contributed by atoms with Crippen molar-refractivity contribution in [1.29, 1.82) is 0 Å². The summed E-state index contributed by atoms with van der Waals surface area (Å²) in [5.41, 5.74) is 0. The lowest BCUT2D eigenvalue weighted by Crippen LogP contribution is -2.60. The summed E-state index contributed by atoms with van der Waals surface area (Å²) in [6, 6.07) is 3.77. The largest absolute Gasteiger partial charge is 0.486 e. The maximum absolute atomic E-state index is 6.12. The molecule has 2 rings (SSSR count). The Morgan fingerprint density at radius 3 is 2.67 bits per heavy atom. The summed E-state index contributed by atoms with van der Waals surface area (Å²) in [6.45, 7) is 0. The van der Waals surface area contributed by atoms with E-state index >= 15 is 0 Å². The molecule has 0 saturated heterocycles. The molecule has 0 amide bonds. The fraction of sp³-hybridized carbons (Fsp3) is 0.500. The third kappa shape index (κ3) is 2.78. The Morgan fingerprint density at radius 1 is 1.33 bits per heavy atom. The minimum absolute atomic E-state index is 0.00203. The molecule has 0 radical (unpaired) electrons. The molecule has 1 aliphatic carbocycles. The molecule has 1 saturated carbocycles. The van der Waals surface area contributed by atoms with Gasteiger partial charge in [-0.25, -0.2) is 0 Å². The molecular formula is C12H14BrCl2NO2. The number of ether oxygens (including phenoxy) is 2. The van der Waals surface area contributed by atoms with Crippen LogP contribution in [0.25, 0.3) is 0 Å². The molecule has 0 heterocycles. The van der Waals surface area contributed by atoms with E-state index in [4.69, 9.17) is 32.7 Å². The van der Waals surface area contributed by atoms with Gasteiger partial charge in [0.05, 0.1) is 10.0 Å². The van der Waals surface area contributed by atoms with Crippen molar-refractivity contribution in [3.8, 4) is 5.75 Å². The Labute approximate surface area is 125 Å². The lowest BCUT2D eigenvalue weighted by molar-refractivity contribution is -0.0869. The number of hydrogen-bond donors (Lipinski definition) is 1. The van der Waals surface area contributed by atoms with Gasteiger partial charge in [-0.05, 0) is 29.0 Å². The number of halogens is 3. The predicted octanol–water partition coefficient (Wildman–Crippen LogP) is 3.51. The summed E-state index contributed by atoms with van der Waals surface area (Å²) in [5.74, 6) is 0.589. The van der Waals surface area contributed by atoms with Gasteiger partial charge in [-0.15, -0.1) is 0 Å². The normalized spacial score (nSPS) is 26.8. The Morgan fingerprint density at radius 2 is 2.06 bits per heavy atom. The maximum atomic E-state index is 6.12. The number of methoxy groups -OCH3 is 1. The quantitative estimate of drug-likeness (QED) is 0.839. The Kier molecular flexibility index (Phi) is 4.78. The van der Waals surface area contributed by atoms with Crippen molar-refractivity contribution >= 4 is 39.1 Å². The minimum Gasteiger partial charge on any atom is -0.486 e. The van der Waals surface area contributed by atoms with Crippen LogP contribution in [0.2, 0.25) is 10.0 Å². The minimum atomic E-state index is 0.00203. The van der Waals surface area contributed by atoms with Gasteiger partial charge < -0.3 is 14.8 Å². The topological polar surface area (TPSA) is 30.5 Å². The highest BCUT2D eigenvalue weighted by Gasteiger charge is 2.42. The Balaban J connectivity index is 2.09. The van der Waals surface area contributed by atoms with Crippen molar-refractivity contribution in [3.63, 3.8) is 0 Å². The smallest absolute Gasteiger partial charge is 0.140 e. The van der Waals surface area contributed by atoms with E-state index in [0.717, 1.165) is 10.9 Å². The second-order valence-corrected chi connectivity index (χ2v) is 5.85. The number of nitrogens with one attached hydrogen (secondary N) is 1. The number of likely N-dealkylation sites (N-methyl/N-ethyl adjacent to an activating group) is 1. The first-order valence-electron chi connectivity index (χ1n) is 5.58. The van der Waals surface area contributed by atoms with Crippen molar-refractivity contribution in [3.05, 3.63) is 26.7 Å². The summed E-state index contributed by atoms with van der Waals surface area (Å²) >= 11 is 15.5. The zero-order valence-corrected chi connectivity index (χ0v) is 13.1. The van der Waals surface area contributed by atoms with E-state index in [0.29, 0.717) is 21.8 Å². The Bertz CT molecular complexity index is 444. The van der Waals surface area contributed by atoms with Crippen molar-refractivity contribution in [2.24, 2.45) is 0 Å². The third-order valence-electron chi connectivity index (χ3n) is 3.15. The van der Waals surface area contributed by atoms with Gasteiger partial charge in [-0.3, -0.25) is 0 Å². The van der Waals surface area contributed by atoms with Crippen LogP contribution in [-0.2, 0) is 4.74 Å². The molecule has 6 heteroatoms. The molecule has 1 aromatic rings. The monoisotopic (exact) mass is 353 g/mol. The van der Waals surface area contributed by atoms with Gasteiger partial charge in [0, 0.05) is 30.1 Å². The molecule has 0 spiro atoms. The van der Waals surface area contributed by atoms with Crippen LogP contribution >= 0.6 is 39.1 Å². The van der Waals surface area contributed by atoms with Crippen LogP contribution in [-0.4, -0.2) is 32.4 Å².